The highest BCUT2D eigenvalue weighted by Gasteiger charge is 2.27. The van der Waals surface area contributed by atoms with Crippen LogP contribution in [0.2, 0.25) is 0 Å². The van der Waals surface area contributed by atoms with Gasteiger partial charge in [-0.05, 0) is 43.4 Å². The van der Waals surface area contributed by atoms with E-state index in [-0.39, 0.29) is 11.8 Å². The van der Waals surface area contributed by atoms with Gasteiger partial charge >= 0.3 is 5.97 Å². The smallest absolute Gasteiger partial charge is 0.306 e. The maximum absolute atomic E-state index is 12.5. The lowest BCUT2D eigenvalue weighted by Crippen LogP contribution is -2.40. The Hall–Kier alpha value is -2.04. The Kier molecular flexibility index (Phi) is 6.02. The van der Waals surface area contributed by atoms with Crippen molar-refractivity contribution in [2.75, 3.05) is 19.7 Å². The third-order valence-corrected chi connectivity index (χ3v) is 4.18. The van der Waals surface area contributed by atoms with Crippen LogP contribution in [0.3, 0.4) is 0 Å². The van der Waals surface area contributed by atoms with Gasteiger partial charge in [-0.1, -0.05) is 19.9 Å². The first-order valence-electron chi connectivity index (χ1n) is 8.22. The number of rotatable bonds is 6. The first-order valence-corrected chi connectivity index (χ1v) is 8.22. The van der Waals surface area contributed by atoms with Crippen molar-refractivity contribution in [1.82, 2.24) is 4.90 Å². The topological polar surface area (TPSA) is 66.8 Å². The largest absolute Gasteiger partial charge is 0.494 e. The van der Waals surface area contributed by atoms with Crippen molar-refractivity contribution in [1.29, 1.82) is 0 Å². The predicted octanol–water partition coefficient (Wildman–Crippen LogP) is 3.05. The molecule has 1 aromatic carbocycles. The molecule has 1 fully saturated rings. The number of likely N-dealkylation sites (tertiary alicyclic amines) is 1. The summed E-state index contributed by atoms with van der Waals surface area (Å²) in [6.45, 7) is 5.91. The van der Waals surface area contributed by atoms with E-state index in [4.69, 9.17) is 9.84 Å². The number of benzene rings is 1. The summed E-state index contributed by atoms with van der Waals surface area (Å²) >= 11 is 0. The molecule has 1 heterocycles. The van der Waals surface area contributed by atoms with Crippen molar-refractivity contribution in [3.8, 4) is 5.75 Å². The maximum atomic E-state index is 12.5. The molecule has 0 aromatic heterocycles. The maximum Gasteiger partial charge on any atom is 0.306 e. The minimum Gasteiger partial charge on any atom is -0.494 e. The van der Waals surface area contributed by atoms with E-state index in [0.29, 0.717) is 49.8 Å². The van der Waals surface area contributed by atoms with Gasteiger partial charge in [0, 0.05) is 18.7 Å². The zero-order valence-corrected chi connectivity index (χ0v) is 13.8. The SMILES string of the molecule is CC(C)CCOc1cccc(C(=O)N2CCC(C(=O)O)CC2)c1. The number of nitrogens with zero attached hydrogens (tertiary/aromatic N) is 1. The number of carbonyl (C=O) groups is 2. The van der Waals surface area contributed by atoms with Crippen LogP contribution in [0.5, 0.6) is 5.75 Å². The number of carbonyl (C=O) groups excluding carboxylic acids is 1. The highest BCUT2D eigenvalue weighted by atomic mass is 16.5. The molecule has 5 nitrogen and oxygen atoms in total. The molecule has 0 unspecified atom stereocenters. The van der Waals surface area contributed by atoms with E-state index in [1.165, 1.54) is 0 Å². The standard InChI is InChI=1S/C18H25NO4/c1-13(2)8-11-23-16-5-3-4-15(12-16)17(20)19-9-6-14(7-10-19)18(21)22/h3-5,12-14H,6-11H2,1-2H3,(H,21,22). The number of amides is 1. The molecule has 1 amide bonds. The fourth-order valence-electron chi connectivity index (χ4n) is 2.64. The number of ether oxygens (including phenoxy) is 1. The number of carboxylic acid groups (broad SMARTS) is 1. The van der Waals surface area contributed by atoms with Crippen molar-refractivity contribution in [3.63, 3.8) is 0 Å². The van der Waals surface area contributed by atoms with Gasteiger partial charge in [0.25, 0.3) is 5.91 Å². The van der Waals surface area contributed by atoms with E-state index in [2.05, 4.69) is 13.8 Å². The number of aliphatic carboxylic acids is 1. The Labute approximate surface area is 137 Å². The van der Waals surface area contributed by atoms with Gasteiger partial charge in [0.05, 0.1) is 12.5 Å². The van der Waals surface area contributed by atoms with Gasteiger partial charge in [-0.25, -0.2) is 0 Å². The van der Waals surface area contributed by atoms with Gasteiger partial charge in [-0.3, -0.25) is 9.59 Å². The summed E-state index contributed by atoms with van der Waals surface area (Å²) in [6, 6.07) is 7.22. The average molecular weight is 319 g/mol. The Bertz CT molecular complexity index is 548. The minimum absolute atomic E-state index is 0.0526. The lowest BCUT2D eigenvalue weighted by atomic mass is 9.96. The highest BCUT2D eigenvalue weighted by Crippen LogP contribution is 2.21. The molecule has 5 heteroatoms. The molecule has 0 atom stereocenters. The number of carboxylic acids is 1. The quantitative estimate of drug-likeness (QED) is 0.875. The molecule has 1 N–H and O–H groups in total. The fraction of sp³-hybridized carbons (Fsp3) is 0.556. The molecule has 0 bridgehead atoms. The van der Waals surface area contributed by atoms with E-state index in [1.54, 1.807) is 17.0 Å². The van der Waals surface area contributed by atoms with Crippen LogP contribution in [0.25, 0.3) is 0 Å². The zero-order chi connectivity index (χ0) is 16.8. The van der Waals surface area contributed by atoms with Gasteiger partial charge in [-0.15, -0.1) is 0 Å². The van der Waals surface area contributed by atoms with Crippen molar-refractivity contribution >= 4 is 11.9 Å². The van der Waals surface area contributed by atoms with Crippen LogP contribution in [-0.2, 0) is 4.79 Å². The van der Waals surface area contributed by atoms with Crippen molar-refractivity contribution < 1.29 is 19.4 Å². The first kappa shape index (κ1) is 17.3. The highest BCUT2D eigenvalue weighted by molar-refractivity contribution is 5.94. The third kappa shape index (κ3) is 4.98. The van der Waals surface area contributed by atoms with Gasteiger partial charge in [-0.2, -0.15) is 0 Å². The van der Waals surface area contributed by atoms with Gasteiger partial charge in [0.2, 0.25) is 0 Å². The van der Waals surface area contributed by atoms with E-state index in [0.717, 1.165) is 6.42 Å². The summed E-state index contributed by atoms with van der Waals surface area (Å²) in [5.74, 6) is 0.137. The average Bonchev–Trinajstić information content (AvgIpc) is 2.54. The normalized spacial score (nSPS) is 15.7. The van der Waals surface area contributed by atoms with Crippen LogP contribution >= 0.6 is 0 Å². The summed E-state index contributed by atoms with van der Waals surface area (Å²) in [4.78, 5) is 25.2. The van der Waals surface area contributed by atoms with E-state index >= 15 is 0 Å². The van der Waals surface area contributed by atoms with Crippen LogP contribution in [0, 0.1) is 11.8 Å². The molecule has 1 aliphatic rings. The van der Waals surface area contributed by atoms with Gasteiger partial charge < -0.3 is 14.7 Å². The zero-order valence-electron chi connectivity index (χ0n) is 13.8. The first-order chi connectivity index (χ1) is 11.0. The molecular formula is C18H25NO4. The van der Waals surface area contributed by atoms with Gasteiger partial charge in [0.15, 0.2) is 0 Å². The molecule has 23 heavy (non-hydrogen) atoms. The summed E-state index contributed by atoms with van der Waals surface area (Å²) in [5.41, 5.74) is 0.598. The Morgan fingerprint density at radius 3 is 2.61 bits per heavy atom. The summed E-state index contributed by atoms with van der Waals surface area (Å²) < 4.78 is 5.70. The van der Waals surface area contributed by atoms with Crippen LogP contribution < -0.4 is 4.74 Å². The monoisotopic (exact) mass is 319 g/mol. The number of piperidine rings is 1. The lowest BCUT2D eigenvalue weighted by Gasteiger charge is -2.30. The second-order valence-electron chi connectivity index (χ2n) is 6.46. The molecule has 1 saturated heterocycles. The van der Waals surface area contributed by atoms with Crippen molar-refractivity contribution in [3.05, 3.63) is 29.8 Å². The molecule has 0 spiro atoms. The Balaban J connectivity index is 1.93. The molecule has 1 aromatic rings. The molecule has 0 radical (unpaired) electrons. The number of hydrogen-bond acceptors (Lipinski definition) is 3. The van der Waals surface area contributed by atoms with E-state index < -0.39 is 5.97 Å². The van der Waals surface area contributed by atoms with Gasteiger partial charge in [0.1, 0.15) is 5.75 Å². The van der Waals surface area contributed by atoms with Crippen LogP contribution in [-0.4, -0.2) is 41.6 Å². The number of hydrogen-bond donors (Lipinski definition) is 1. The van der Waals surface area contributed by atoms with E-state index in [1.807, 2.05) is 12.1 Å². The second-order valence-corrected chi connectivity index (χ2v) is 6.46. The fourth-order valence-corrected chi connectivity index (χ4v) is 2.64. The molecule has 1 aliphatic heterocycles. The molecule has 2 rings (SSSR count). The van der Waals surface area contributed by atoms with Crippen LogP contribution in [0.4, 0.5) is 0 Å². The minimum atomic E-state index is -0.766. The summed E-state index contributed by atoms with van der Waals surface area (Å²) in [6.07, 6.45) is 2.01. The molecule has 126 valence electrons. The van der Waals surface area contributed by atoms with Crippen LogP contribution in [0.15, 0.2) is 24.3 Å². The molecule has 0 saturated carbocycles. The predicted molar refractivity (Wildman–Crippen MR) is 87.7 cm³/mol. The Morgan fingerprint density at radius 1 is 1.30 bits per heavy atom. The van der Waals surface area contributed by atoms with Crippen molar-refractivity contribution in [2.45, 2.75) is 33.1 Å². The van der Waals surface area contributed by atoms with Crippen LogP contribution in [0.1, 0.15) is 43.5 Å². The third-order valence-electron chi connectivity index (χ3n) is 4.18. The lowest BCUT2D eigenvalue weighted by molar-refractivity contribution is -0.143. The second kappa shape index (κ2) is 7.99. The van der Waals surface area contributed by atoms with E-state index in [9.17, 15) is 9.59 Å². The Morgan fingerprint density at radius 2 is 2.00 bits per heavy atom. The molecule has 0 aliphatic carbocycles. The summed E-state index contributed by atoms with van der Waals surface area (Å²) in [5, 5.41) is 9.02. The summed E-state index contributed by atoms with van der Waals surface area (Å²) in [7, 11) is 0. The molecular weight excluding hydrogens is 294 g/mol. The van der Waals surface area contributed by atoms with Crippen molar-refractivity contribution in [2.24, 2.45) is 11.8 Å².